The van der Waals surface area contributed by atoms with E-state index in [4.69, 9.17) is 4.74 Å². The molecule has 2 aromatic rings. The highest BCUT2D eigenvalue weighted by Crippen LogP contribution is 2.29. The third-order valence-electron chi connectivity index (χ3n) is 3.15. The summed E-state index contributed by atoms with van der Waals surface area (Å²) in [4.78, 5) is 5.49. The van der Waals surface area contributed by atoms with Crippen LogP contribution in [0, 0.1) is 0 Å². The van der Waals surface area contributed by atoms with Gasteiger partial charge in [-0.2, -0.15) is 0 Å². The average Bonchev–Trinajstić information content (AvgIpc) is 2.70. The van der Waals surface area contributed by atoms with Crippen molar-refractivity contribution in [1.29, 1.82) is 0 Å². The van der Waals surface area contributed by atoms with Crippen LogP contribution in [0.5, 0.6) is 5.75 Å². The van der Waals surface area contributed by atoms with Crippen LogP contribution in [0.15, 0.2) is 24.4 Å². The Morgan fingerprint density at radius 2 is 2.06 bits per heavy atom. The lowest BCUT2D eigenvalue weighted by Gasteiger charge is -2.19. The van der Waals surface area contributed by atoms with Gasteiger partial charge in [-0.1, -0.05) is 0 Å². The summed E-state index contributed by atoms with van der Waals surface area (Å²) in [5, 5.41) is 1.24. The van der Waals surface area contributed by atoms with E-state index in [-0.39, 0.29) is 0 Å². The van der Waals surface area contributed by atoms with E-state index in [1.807, 2.05) is 6.07 Å². The van der Waals surface area contributed by atoms with Crippen LogP contribution in [-0.4, -0.2) is 31.1 Å². The molecule has 2 rings (SSSR count). The number of nitrogens with zero attached hydrogens (tertiary/aromatic N) is 1. The third-order valence-corrected chi connectivity index (χ3v) is 3.15. The molecule has 0 saturated carbocycles. The summed E-state index contributed by atoms with van der Waals surface area (Å²) in [5.41, 5.74) is 2.46. The smallest absolute Gasteiger partial charge is 0.119 e. The maximum Gasteiger partial charge on any atom is 0.119 e. The Bertz CT molecular complexity index is 488. The highest BCUT2D eigenvalue weighted by molar-refractivity contribution is 5.85. The maximum absolute atomic E-state index is 5.26. The number of ether oxygens (including phenoxy) is 1. The first kappa shape index (κ1) is 11.0. The fourth-order valence-corrected chi connectivity index (χ4v) is 1.87. The predicted molar refractivity (Wildman–Crippen MR) is 67.0 cm³/mol. The number of nitrogens with one attached hydrogen (secondary N) is 1. The van der Waals surface area contributed by atoms with Gasteiger partial charge in [0, 0.05) is 23.1 Å². The number of fused-ring (bicyclic) bond motifs is 1. The maximum atomic E-state index is 5.26. The van der Waals surface area contributed by atoms with Crippen molar-refractivity contribution in [2.45, 2.75) is 13.0 Å². The Morgan fingerprint density at radius 1 is 1.31 bits per heavy atom. The van der Waals surface area contributed by atoms with Crippen LogP contribution in [0.25, 0.3) is 10.9 Å². The molecule has 16 heavy (non-hydrogen) atoms. The minimum absolute atomic E-state index is 0.390. The largest absolute Gasteiger partial charge is 0.497 e. The van der Waals surface area contributed by atoms with Gasteiger partial charge >= 0.3 is 0 Å². The van der Waals surface area contributed by atoms with Crippen molar-refractivity contribution >= 4 is 10.9 Å². The Morgan fingerprint density at radius 3 is 2.69 bits per heavy atom. The molecule has 0 radical (unpaired) electrons. The van der Waals surface area contributed by atoms with Crippen molar-refractivity contribution in [1.82, 2.24) is 9.88 Å². The monoisotopic (exact) mass is 218 g/mol. The fourth-order valence-electron chi connectivity index (χ4n) is 1.87. The molecule has 0 saturated heterocycles. The van der Waals surface area contributed by atoms with E-state index in [0.717, 1.165) is 11.3 Å². The number of benzene rings is 1. The molecule has 0 spiro atoms. The van der Waals surface area contributed by atoms with E-state index in [1.165, 1.54) is 10.9 Å². The molecule has 3 nitrogen and oxygen atoms in total. The number of H-pyrrole nitrogens is 1. The second-order valence-electron chi connectivity index (χ2n) is 4.30. The van der Waals surface area contributed by atoms with E-state index in [9.17, 15) is 0 Å². The first-order valence-electron chi connectivity index (χ1n) is 5.45. The van der Waals surface area contributed by atoms with Gasteiger partial charge in [-0.15, -0.1) is 0 Å². The van der Waals surface area contributed by atoms with Crippen molar-refractivity contribution in [3.63, 3.8) is 0 Å². The van der Waals surface area contributed by atoms with E-state index in [0.29, 0.717) is 6.04 Å². The van der Waals surface area contributed by atoms with E-state index >= 15 is 0 Å². The molecular formula is C13H18N2O. The van der Waals surface area contributed by atoms with Gasteiger partial charge in [0.05, 0.1) is 7.11 Å². The van der Waals surface area contributed by atoms with Crippen LogP contribution in [0.2, 0.25) is 0 Å². The lowest BCUT2D eigenvalue weighted by Crippen LogP contribution is -2.16. The van der Waals surface area contributed by atoms with Crippen LogP contribution < -0.4 is 4.74 Å². The quantitative estimate of drug-likeness (QED) is 0.858. The molecule has 0 aliphatic rings. The second kappa shape index (κ2) is 4.18. The van der Waals surface area contributed by atoms with Gasteiger partial charge in [0.2, 0.25) is 0 Å². The molecule has 86 valence electrons. The molecule has 1 unspecified atom stereocenters. The molecule has 1 N–H and O–H groups in total. The minimum Gasteiger partial charge on any atom is -0.497 e. The number of aromatic nitrogens is 1. The molecule has 1 aromatic carbocycles. The summed E-state index contributed by atoms with van der Waals surface area (Å²) in [5.74, 6) is 0.902. The summed E-state index contributed by atoms with van der Waals surface area (Å²) in [6.07, 6.45) is 2.08. The van der Waals surface area contributed by atoms with Gasteiger partial charge in [-0.25, -0.2) is 0 Å². The lowest BCUT2D eigenvalue weighted by molar-refractivity contribution is 0.323. The Hall–Kier alpha value is -1.48. The summed E-state index contributed by atoms with van der Waals surface area (Å²) < 4.78 is 5.26. The molecule has 0 amide bonds. The molecule has 3 heteroatoms. The number of hydrogen-bond acceptors (Lipinski definition) is 2. The van der Waals surface area contributed by atoms with Crippen LogP contribution in [0.1, 0.15) is 18.5 Å². The highest BCUT2D eigenvalue weighted by atomic mass is 16.5. The van der Waals surface area contributed by atoms with Gasteiger partial charge in [0.25, 0.3) is 0 Å². The lowest BCUT2D eigenvalue weighted by atomic mass is 10.1. The Labute approximate surface area is 96.0 Å². The van der Waals surface area contributed by atoms with Gasteiger partial charge in [0.15, 0.2) is 0 Å². The van der Waals surface area contributed by atoms with Gasteiger partial charge in [0.1, 0.15) is 5.75 Å². The zero-order chi connectivity index (χ0) is 11.7. The van der Waals surface area contributed by atoms with Crippen LogP contribution in [0.3, 0.4) is 0 Å². The van der Waals surface area contributed by atoms with Crippen molar-refractivity contribution in [2.24, 2.45) is 0 Å². The molecule has 0 bridgehead atoms. The van der Waals surface area contributed by atoms with Crippen molar-refractivity contribution < 1.29 is 4.74 Å². The first-order valence-corrected chi connectivity index (χ1v) is 5.45. The Balaban J connectivity index is 2.53. The normalized spacial score (nSPS) is 13.3. The van der Waals surface area contributed by atoms with Crippen LogP contribution >= 0.6 is 0 Å². The molecule has 1 heterocycles. The fraction of sp³-hybridized carbons (Fsp3) is 0.385. The summed E-state index contributed by atoms with van der Waals surface area (Å²) in [6, 6.07) is 6.50. The molecule has 0 aliphatic carbocycles. The molecule has 0 aliphatic heterocycles. The SMILES string of the molecule is COc1ccc2[nH]cc(C(C)N(C)C)c2c1. The van der Waals surface area contributed by atoms with E-state index < -0.39 is 0 Å². The predicted octanol–water partition coefficient (Wildman–Crippen LogP) is 2.80. The number of rotatable bonds is 3. The van der Waals surface area contributed by atoms with Crippen molar-refractivity contribution in [2.75, 3.05) is 21.2 Å². The number of hydrogen-bond donors (Lipinski definition) is 1. The molecule has 1 aromatic heterocycles. The summed E-state index contributed by atoms with van der Waals surface area (Å²) in [7, 11) is 5.87. The first-order chi connectivity index (χ1) is 7.63. The minimum atomic E-state index is 0.390. The van der Waals surface area contributed by atoms with Gasteiger partial charge in [-0.3, -0.25) is 0 Å². The number of aromatic amines is 1. The highest BCUT2D eigenvalue weighted by Gasteiger charge is 2.13. The second-order valence-corrected chi connectivity index (χ2v) is 4.30. The van der Waals surface area contributed by atoms with E-state index in [2.05, 4.69) is 49.2 Å². The van der Waals surface area contributed by atoms with Crippen molar-refractivity contribution in [3.8, 4) is 5.75 Å². The summed E-state index contributed by atoms with van der Waals surface area (Å²) >= 11 is 0. The zero-order valence-corrected chi connectivity index (χ0v) is 10.2. The van der Waals surface area contributed by atoms with Crippen molar-refractivity contribution in [3.05, 3.63) is 30.0 Å². The van der Waals surface area contributed by atoms with Gasteiger partial charge < -0.3 is 14.6 Å². The van der Waals surface area contributed by atoms with Crippen LogP contribution in [-0.2, 0) is 0 Å². The summed E-state index contributed by atoms with van der Waals surface area (Å²) in [6.45, 7) is 2.20. The third kappa shape index (κ3) is 1.78. The zero-order valence-electron chi connectivity index (χ0n) is 10.2. The topological polar surface area (TPSA) is 28.3 Å². The average molecular weight is 218 g/mol. The molecular weight excluding hydrogens is 200 g/mol. The van der Waals surface area contributed by atoms with Crippen LogP contribution in [0.4, 0.5) is 0 Å². The standard InChI is InChI=1S/C13H18N2O/c1-9(15(2)3)12-8-14-13-6-5-10(16-4)7-11(12)13/h5-9,14H,1-4H3. The van der Waals surface area contributed by atoms with Gasteiger partial charge in [-0.05, 0) is 44.8 Å². The number of methoxy groups -OCH3 is 1. The Kier molecular flexibility index (Phi) is 2.88. The molecule has 1 atom stereocenters. The van der Waals surface area contributed by atoms with E-state index in [1.54, 1.807) is 7.11 Å². The molecule has 0 fully saturated rings.